The van der Waals surface area contributed by atoms with E-state index in [0.717, 1.165) is 50.7 Å². The van der Waals surface area contributed by atoms with Gasteiger partial charge in [-0.25, -0.2) is 0 Å². The molecule has 0 aliphatic carbocycles. The van der Waals surface area contributed by atoms with Crippen LogP contribution in [-0.4, -0.2) is 87.2 Å². The topological polar surface area (TPSA) is 43.3 Å². The van der Waals surface area contributed by atoms with Gasteiger partial charge >= 0.3 is 6.61 Å². The molecular formula is C21H36F2IN5O. The van der Waals surface area contributed by atoms with Crippen LogP contribution in [0.4, 0.5) is 8.78 Å². The second-order valence-electron chi connectivity index (χ2n) is 7.47. The van der Waals surface area contributed by atoms with E-state index >= 15 is 0 Å². The summed E-state index contributed by atoms with van der Waals surface area (Å²) in [6.07, 6.45) is 2.26. The Hall–Kier alpha value is -1.20. The normalized spacial score (nSPS) is 16.1. The first-order valence-electron chi connectivity index (χ1n) is 10.4. The Balaban J connectivity index is 0.00000450. The monoisotopic (exact) mass is 539 g/mol. The van der Waals surface area contributed by atoms with E-state index in [1.807, 2.05) is 18.9 Å². The Morgan fingerprint density at radius 2 is 1.93 bits per heavy atom. The fourth-order valence-electron chi connectivity index (χ4n) is 3.40. The molecule has 0 amide bonds. The zero-order chi connectivity index (χ0) is 21.1. The molecular weight excluding hydrogens is 503 g/mol. The van der Waals surface area contributed by atoms with Gasteiger partial charge in [0.25, 0.3) is 0 Å². The molecule has 1 saturated heterocycles. The largest absolute Gasteiger partial charge is 0.435 e. The van der Waals surface area contributed by atoms with Gasteiger partial charge in [-0.15, -0.1) is 24.0 Å². The average molecular weight is 539 g/mol. The summed E-state index contributed by atoms with van der Waals surface area (Å²) in [5.41, 5.74) is 1.01. The number of nitrogens with zero attached hydrogens (tertiary/aromatic N) is 4. The third-order valence-corrected chi connectivity index (χ3v) is 4.97. The molecule has 1 aliphatic heterocycles. The van der Waals surface area contributed by atoms with Crippen molar-refractivity contribution in [2.24, 2.45) is 4.99 Å². The van der Waals surface area contributed by atoms with Gasteiger partial charge in [-0.05, 0) is 64.1 Å². The summed E-state index contributed by atoms with van der Waals surface area (Å²) in [5.74, 6) is 1.03. The highest BCUT2D eigenvalue weighted by Crippen LogP contribution is 2.15. The Labute approximate surface area is 196 Å². The number of nitrogens with one attached hydrogen (secondary N) is 1. The molecule has 1 aromatic rings. The summed E-state index contributed by atoms with van der Waals surface area (Å²) in [6.45, 7) is 7.15. The van der Waals surface area contributed by atoms with Crippen LogP contribution in [0.15, 0.2) is 29.3 Å². The van der Waals surface area contributed by atoms with Crippen LogP contribution in [0.3, 0.4) is 0 Å². The van der Waals surface area contributed by atoms with E-state index in [0.29, 0.717) is 6.54 Å². The second kappa shape index (κ2) is 14.7. The molecule has 6 nitrogen and oxygen atoms in total. The molecule has 172 valence electrons. The number of alkyl halides is 2. The minimum atomic E-state index is -2.80. The molecule has 1 fully saturated rings. The summed E-state index contributed by atoms with van der Waals surface area (Å²) in [5, 5.41) is 3.33. The molecule has 0 aromatic heterocycles. The van der Waals surface area contributed by atoms with Crippen molar-refractivity contribution in [2.45, 2.75) is 32.9 Å². The highest BCUT2D eigenvalue weighted by atomic mass is 127. The summed E-state index contributed by atoms with van der Waals surface area (Å²) >= 11 is 0. The van der Waals surface area contributed by atoms with Gasteiger partial charge in [0, 0.05) is 39.8 Å². The fraction of sp³-hybridized carbons (Fsp3) is 0.667. The summed E-state index contributed by atoms with van der Waals surface area (Å²) in [4.78, 5) is 11.7. The third-order valence-electron chi connectivity index (χ3n) is 4.97. The smallest absolute Gasteiger partial charge is 0.387 e. The van der Waals surface area contributed by atoms with Gasteiger partial charge in [0.2, 0.25) is 0 Å². The van der Waals surface area contributed by atoms with Crippen LogP contribution in [0, 0.1) is 0 Å². The van der Waals surface area contributed by atoms with Gasteiger partial charge in [-0.3, -0.25) is 4.99 Å². The molecule has 0 unspecified atom stereocenters. The molecule has 1 aromatic carbocycles. The Morgan fingerprint density at radius 1 is 1.20 bits per heavy atom. The van der Waals surface area contributed by atoms with E-state index in [-0.39, 0.29) is 29.7 Å². The van der Waals surface area contributed by atoms with Crippen LogP contribution in [-0.2, 0) is 6.54 Å². The maximum atomic E-state index is 12.3. The standard InChI is InChI=1S/C21H35F2N5O.HI/c1-4-24-21(25-11-5-13-28-14-6-12-26(2)15-16-28)27(3)17-18-7-9-19(10-8-18)29-20(22)23;/h7-10,20H,4-6,11-17H2,1-3H3,(H,24,25);1H. The quantitative estimate of drug-likeness (QED) is 0.226. The van der Waals surface area contributed by atoms with E-state index in [9.17, 15) is 8.78 Å². The second-order valence-corrected chi connectivity index (χ2v) is 7.47. The Morgan fingerprint density at radius 3 is 2.60 bits per heavy atom. The van der Waals surface area contributed by atoms with E-state index < -0.39 is 6.61 Å². The van der Waals surface area contributed by atoms with Crippen molar-refractivity contribution < 1.29 is 13.5 Å². The summed E-state index contributed by atoms with van der Waals surface area (Å²) < 4.78 is 28.9. The van der Waals surface area contributed by atoms with Crippen LogP contribution < -0.4 is 10.1 Å². The van der Waals surface area contributed by atoms with E-state index in [1.165, 1.54) is 19.5 Å². The SMILES string of the molecule is CCNC(=NCCCN1CCCN(C)CC1)N(C)Cc1ccc(OC(F)F)cc1.I. The number of guanidine groups is 1. The number of hydrogen-bond acceptors (Lipinski definition) is 4. The van der Waals surface area contributed by atoms with Crippen LogP contribution >= 0.6 is 24.0 Å². The highest BCUT2D eigenvalue weighted by Gasteiger charge is 2.12. The number of likely N-dealkylation sites (N-methyl/N-ethyl adjacent to an activating group) is 1. The van der Waals surface area contributed by atoms with E-state index in [2.05, 4.69) is 26.9 Å². The maximum Gasteiger partial charge on any atom is 0.387 e. The lowest BCUT2D eigenvalue weighted by Gasteiger charge is -2.23. The first-order chi connectivity index (χ1) is 14.0. The molecule has 0 spiro atoms. The van der Waals surface area contributed by atoms with Crippen LogP contribution in [0.1, 0.15) is 25.3 Å². The molecule has 30 heavy (non-hydrogen) atoms. The number of halogens is 3. The zero-order valence-corrected chi connectivity index (χ0v) is 20.6. The van der Waals surface area contributed by atoms with Crippen LogP contribution in [0.5, 0.6) is 5.75 Å². The molecule has 1 aliphatic rings. The van der Waals surface area contributed by atoms with Crippen molar-refractivity contribution in [1.29, 1.82) is 0 Å². The predicted molar refractivity (Wildman–Crippen MR) is 129 cm³/mol. The molecule has 2 rings (SSSR count). The summed E-state index contributed by atoms with van der Waals surface area (Å²) in [6, 6.07) is 6.73. The van der Waals surface area contributed by atoms with E-state index in [4.69, 9.17) is 4.99 Å². The van der Waals surface area contributed by atoms with Crippen LogP contribution in [0.25, 0.3) is 0 Å². The van der Waals surface area contributed by atoms with Crippen molar-refractivity contribution in [1.82, 2.24) is 20.0 Å². The zero-order valence-electron chi connectivity index (χ0n) is 18.3. The number of rotatable bonds is 9. The van der Waals surface area contributed by atoms with Crippen molar-refractivity contribution >= 4 is 29.9 Å². The molecule has 0 bridgehead atoms. The lowest BCUT2D eigenvalue weighted by Crippen LogP contribution is -2.38. The lowest BCUT2D eigenvalue weighted by molar-refractivity contribution is -0.0498. The third kappa shape index (κ3) is 10.2. The van der Waals surface area contributed by atoms with Crippen molar-refractivity contribution in [3.8, 4) is 5.75 Å². The number of aliphatic imine (C=N–C) groups is 1. The van der Waals surface area contributed by atoms with E-state index in [1.54, 1.807) is 24.3 Å². The number of hydrogen-bond donors (Lipinski definition) is 1. The van der Waals surface area contributed by atoms with Crippen molar-refractivity contribution in [2.75, 3.05) is 59.9 Å². The Kier molecular flexibility index (Phi) is 13.2. The summed E-state index contributed by atoms with van der Waals surface area (Å²) in [7, 11) is 4.17. The average Bonchev–Trinajstić information content (AvgIpc) is 2.89. The minimum Gasteiger partial charge on any atom is -0.435 e. The number of ether oxygens (including phenoxy) is 1. The maximum absolute atomic E-state index is 12.3. The van der Waals surface area contributed by atoms with Gasteiger partial charge < -0.3 is 24.8 Å². The molecule has 1 heterocycles. The molecule has 0 atom stereocenters. The predicted octanol–water partition coefficient (Wildman–Crippen LogP) is 3.33. The van der Waals surface area contributed by atoms with Gasteiger partial charge in [0.15, 0.2) is 5.96 Å². The number of benzene rings is 1. The van der Waals surface area contributed by atoms with Gasteiger partial charge in [-0.1, -0.05) is 12.1 Å². The lowest BCUT2D eigenvalue weighted by atomic mass is 10.2. The molecule has 0 saturated carbocycles. The van der Waals surface area contributed by atoms with Gasteiger partial charge in [0.05, 0.1) is 0 Å². The highest BCUT2D eigenvalue weighted by molar-refractivity contribution is 14.0. The van der Waals surface area contributed by atoms with Crippen LogP contribution in [0.2, 0.25) is 0 Å². The Bertz CT molecular complexity index is 618. The van der Waals surface area contributed by atoms with Crippen molar-refractivity contribution in [3.05, 3.63) is 29.8 Å². The first-order valence-corrected chi connectivity index (χ1v) is 10.4. The molecule has 1 N–H and O–H groups in total. The first kappa shape index (κ1) is 26.8. The van der Waals surface area contributed by atoms with Gasteiger partial charge in [0.1, 0.15) is 5.75 Å². The van der Waals surface area contributed by atoms with Crippen molar-refractivity contribution in [3.63, 3.8) is 0 Å². The van der Waals surface area contributed by atoms with Gasteiger partial charge in [-0.2, -0.15) is 8.78 Å². The molecule has 9 heteroatoms. The minimum absolute atomic E-state index is 0. The molecule has 0 radical (unpaired) electrons. The fourth-order valence-corrected chi connectivity index (χ4v) is 3.40.